The Bertz CT molecular complexity index is 722. The molecule has 10 nitrogen and oxygen atoms in total. The van der Waals surface area contributed by atoms with Crippen LogP contribution in [0.2, 0.25) is 0 Å². The van der Waals surface area contributed by atoms with Gasteiger partial charge in [0, 0.05) is 0 Å². The predicted molar refractivity (Wildman–Crippen MR) is 90.7 cm³/mol. The van der Waals surface area contributed by atoms with Gasteiger partial charge in [-0.05, 0) is 17.7 Å². The van der Waals surface area contributed by atoms with Gasteiger partial charge < -0.3 is 34.6 Å². The lowest BCUT2D eigenvalue weighted by atomic mass is 9.99. The average molecular weight is 381 g/mol. The zero-order chi connectivity index (χ0) is 19.4. The molecule has 1 saturated heterocycles. The maximum atomic E-state index is 9.95. The van der Waals surface area contributed by atoms with Crippen LogP contribution < -0.4 is 4.74 Å². The first-order valence-corrected chi connectivity index (χ1v) is 8.46. The van der Waals surface area contributed by atoms with Gasteiger partial charge in [-0.25, -0.2) is 4.68 Å². The van der Waals surface area contributed by atoms with Crippen LogP contribution in [0.5, 0.6) is 5.75 Å². The van der Waals surface area contributed by atoms with Crippen LogP contribution >= 0.6 is 0 Å². The largest absolute Gasteiger partial charge is 0.497 e. The number of benzene rings is 1. The minimum absolute atomic E-state index is 0.0225. The van der Waals surface area contributed by atoms with E-state index in [1.165, 1.54) is 0 Å². The van der Waals surface area contributed by atoms with E-state index in [2.05, 4.69) is 10.3 Å². The van der Waals surface area contributed by atoms with Gasteiger partial charge in [0.2, 0.25) is 0 Å². The molecule has 1 aliphatic rings. The second-order valence-corrected chi connectivity index (χ2v) is 6.26. The van der Waals surface area contributed by atoms with E-state index in [-0.39, 0.29) is 6.61 Å². The van der Waals surface area contributed by atoms with Gasteiger partial charge >= 0.3 is 0 Å². The summed E-state index contributed by atoms with van der Waals surface area (Å²) in [6.07, 6.45) is -4.88. The third kappa shape index (κ3) is 4.61. The van der Waals surface area contributed by atoms with Crippen LogP contribution in [0.15, 0.2) is 30.5 Å². The van der Waals surface area contributed by atoms with E-state index in [1.807, 2.05) is 24.3 Å². The molecule has 5 atom stereocenters. The summed E-state index contributed by atoms with van der Waals surface area (Å²) in [5.74, 6) is 0.769. The molecule has 1 aromatic carbocycles. The zero-order valence-corrected chi connectivity index (χ0v) is 14.8. The maximum Gasteiger partial charge on any atom is 0.187 e. The Morgan fingerprint density at radius 2 is 1.85 bits per heavy atom. The van der Waals surface area contributed by atoms with Crippen molar-refractivity contribution in [3.05, 3.63) is 41.7 Å². The summed E-state index contributed by atoms with van der Waals surface area (Å²) in [5, 5.41) is 46.7. The van der Waals surface area contributed by atoms with E-state index in [0.29, 0.717) is 12.2 Å². The highest BCUT2D eigenvalue weighted by atomic mass is 16.7. The van der Waals surface area contributed by atoms with E-state index < -0.39 is 37.3 Å². The fraction of sp³-hybridized carbons (Fsp3) is 0.529. The Morgan fingerprint density at radius 3 is 2.52 bits per heavy atom. The summed E-state index contributed by atoms with van der Waals surface area (Å²) < 4.78 is 17.5. The highest BCUT2D eigenvalue weighted by Crippen LogP contribution is 2.22. The van der Waals surface area contributed by atoms with E-state index in [9.17, 15) is 20.4 Å². The highest BCUT2D eigenvalue weighted by molar-refractivity contribution is 5.27. The second-order valence-electron chi connectivity index (χ2n) is 6.26. The summed E-state index contributed by atoms with van der Waals surface area (Å²) >= 11 is 0. The van der Waals surface area contributed by atoms with Gasteiger partial charge in [0.25, 0.3) is 0 Å². The lowest BCUT2D eigenvalue weighted by Crippen LogP contribution is -2.59. The molecule has 2 aromatic rings. The molecular weight excluding hydrogens is 358 g/mol. The van der Waals surface area contributed by atoms with Gasteiger partial charge in [0.15, 0.2) is 6.29 Å². The minimum Gasteiger partial charge on any atom is -0.497 e. The van der Waals surface area contributed by atoms with Crippen LogP contribution in [-0.4, -0.2) is 79.8 Å². The number of ether oxygens (including phenoxy) is 3. The van der Waals surface area contributed by atoms with Gasteiger partial charge in [-0.2, -0.15) is 0 Å². The number of hydrogen-bond acceptors (Lipinski definition) is 9. The second kappa shape index (κ2) is 8.74. The number of rotatable bonds is 7. The van der Waals surface area contributed by atoms with Crippen LogP contribution in [0.4, 0.5) is 0 Å². The Hall–Kier alpha value is -2.08. The molecule has 148 valence electrons. The third-order valence-electron chi connectivity index (χ3n) is 4.33. The number of hydrogen-bond donors (Lipinski definition) is 4. The fourth-order valence-electron chi connectivity index (χ4n) is 2.77. The molecule has 0 unspecified atom stereocenters. The molecular formula is C17H23N3O7. The summed E-state index contributed by atoms with van der Waals surface area (Å²) in [6, 6.07) is 7.56. The van der Waals surface area contributed by atoms with Crippen molar-refractivity contribution >= 4 is 0 Å². The van der Waals surface area contributed by atoms with Crippen LogP contribution in [0, 0.1) is 0 Å². The van der Waals surface area contributed by atoms with Gasteiger partial charge in [-0.1, -0.05) is 17.3 Å². The number of nitrogens with zero attached hydrogens (tertiary/aromatic N) is 3. The van der Waals surface area contributed by atoms with Crippen molar-refractivity contribution in [3.8, 4) is 5.75 Å². The minimum atomic E-state index is -1.48. The fourth-order valence-corrected chi connectivity index (χ4v) is 2.77. The number of aromatic nitrogens is 3. The van der Waals surface area contributed by atoms with E-state index >= 15 is 0 Å². The molecule has 0 amide bonds. The van der Waals surface area contributed by atoms with Crippen molar-refractivity contribution < 1.29 is 34.6 Å². The summed E-state index contributed by atoms with van der Waals surface area (Å²) in [6.45, 7) is -0.0226. The Kier molecular flexibility index (Phi) is 6.37. The molecule has 1 aromatic heterocycles. The highest BCUT2D eigenvalue weighted by Gasteiger charge is 2.44. The maximum absolute atomic E-state index is 9.95. The molecule has 1 fully saturated rings. The van der Waals surface area contributed by atoms with Crippen LogP contribution in [0.3, 0.4) is 0 Å². The molecule has 27 heavy (non-hydrogen) atoms. The monoisotopic (exact) mass is 381 g/mol. The molecule has 0 bridgehead atoms. The van der Waals surface area contributed by atoms with Crippen LogP contribution in [-0.2, 0) is 22.6 Å². The predicted octanol–water partition coefficient (Wildman–Crippen LogP) is -1.35. The molecule has 1 aliphatic heterocycles. The van der Waals surface area contributed by atoms with Crippen molar-refractivity contribution in [2.24, 2.45) is 0 Å². The third-order valence-corrected chi connectivity index (χ3v) is 4.33. The molecule has 0 aliphatic carbocycles. The number of aliphatic hydroxyl groups excluding tert-OH is 4. The van der Waals surface area contributed by atoms with Gasteiger partial charge in [0.1, 0.15) is 35.9 Å². The van der Waals surface area contributed by atoms with Gasteiger partial charge in [0.05, 0.1) is 33.1 Å². The first kappa shape index (κ1) is 19.7. The molecule has 4 N–H and O–H groups in total. The van der Waals surface area contributed by atoms with Crippen molar-refractivity contribution in [3.63, 3.8) is 0 Å². The number of aliphatic hydroxyl groups is 4. The molecule has 10 heteroatoms. The van der Waals surface area contributed by atoms with E-state index in [1.54, 1.807) is 18.0 Å². The topological polar surface area (TPSA) is 139 Å². The molecule has 0 saturated carbocycles. The molecule has 2 heterocycles. The Balaban J connectivity index is 1.55. The molecule has 0 radical (unpaired) electrons. The SMILES string of the molecule is COc1ccc(Cn2cc(CO[C@H]3O[C@H](CO)[C@@H](O)[C@H](O)[C@@H]3O)nn2)cc1. The lowest BCUT2D eigenvalue weighted by molar-refractivity contribution is -0.304. The Morgan fingerprint density at radius 1 is 1.11 bits per heavy atom. The van der Waals surface area contributed by atoms with Crippen molar-refractivity contribution in [1.82, 2.24) is 15.0 Å². The van der Waals surface area contributed by atoms with Crippen molar-refractivity contribution in [2.75, 3.05) is 13.7 Å². The van der Waals surface area contributed by atoms with E-state index in [0.717, 1.165) is 11.3 Å². The van der Waals surface area contributed by atoms with Gasteiger partial charge in [-0.3, -0.25) is 0 Å². The van der Waals surface area contributed by atoms with Gasteiger partial charge in [-0.15, -0.1) is 5.10 Å². The first-order chi connectivity index (χ1) is 13.0. The average Bonchev–Trinajstić information content (AvgIpc) is 3.13. The Labute approximate surface area is 155 Å². The summed E-state index contributed by atoms with van der Waals surface area (Å²) in [5.41, 5.74) is 1.52. The van der Waals surface area contributed by atoms with Crippen LogP contribution in [0.25, 0.3) is 0 Å². The summed E-state index contributed by atoms with van der Waals surface area (Å²) in [7, 11) is 1.61. The summed E-state index contributed by atoms with van der Waals surface area (Å²) in [4.78, 5) is 0. The lowest BCUT2D eigenvalue weighted by Gasteiger charge is -2.39. The normalized spacial score (nSPS) is 28.3. The van der Waals surface area contributed by atoms with Crippen molar-refractivity contribution in [1.29, 1.82) is 0 Å². The number of methoxy groups -OCH3 is 1. The smallest absolute Gasteiger partial charge is 0.187 e. The van der Waals surface area contributed by atoms with E-state index in [4.69, 9.17) is 14.2 Å². The zero-order valence-electron chi connectivity index (χ0n) is 14.8. The first-order valence-electron chi connectivity index (χ1n) is 8.46. The van der Waals surface area contributed by atoms with Crippen molar-refractivity contribution in [2.45, 2.75) is 43.9 Å². The molecule has 0 spiro atoms. The standard InChI is InChI=1S/C17H23N3O7/c1-25-12-4-2-10(3-5-12)6-20-7-11(18-19-20)9-26-17-16(24)15(23)14(22)13(8-21)27-17/h2-5,7,13-17,21-24H,6,8-9H2,1H3/t13-,14-,15+,16+,17+/m1/s1. The quantitative estimate of drug-likeness (QED) is 0.458. The van der Waals surface area contributed by atoms with Crippen LogP contribution in [0.1, 0.15) is 11.3 Å². The molecule has 3 rings (SSSR count).